The van der Waals surface area contributed by atoms with Crippen molar-refractivity contribution in [3.8, 4) is 0 Å². The average Bonchev–Trinajstić information content (AvgIpc) is 3.19. The fraction of sp³-hybridized carbons (Fsp3) is 0.500. The van der Waals surface area contributed by atoms with Crippen LogP contribution in [0.15, 0.2) is 53.9 Å². The molecule has 154 valence electrons. The molecule has 1 atom stereocenters. The third kappa shape index (κ3) is 8.22. The minimum Gasteiger partial charge on any atom is -0.481 e. The van der Waals surface area contributed by atoms with Crippen molar-refractivity contribution >= 4 is 16.0 Å². The quantitative estimate of drug-likeness (QED) is 0.468. The Hall–Kier alpha value is -2.19. The van der Waals surface area contributed by atoms with Gasteiger partial charge >= 0.3 is 5.97 Å². The van der Waals surface area contributed by atoms with E-state index < -0.39 is 16.0 Å². The van der Waals surface area contributed by atoms with Crippen LogP contribution in [0.4, 0.5) is 0 Å². The van der Waals surface area contributed by atoms with Gasteiger partial charge < -0.3 is 9.67 Å². The molecule has 0 aliphatic rings. The topological polar surface area (TPSA) is 101 Å². The highest BCUT2D eigenvalue weighted by Gasteiger charge is 2.13. The monoisotopic (exact) mass is 407 g/mol. The molecule has 0 amide bonds. The molecule has 0 saturated carbocycles. The fourth-order valence-electron chi connectivity index (χ4n) is 3.19. The minimum atomic E-state index is -3.46. The Balaban J connectivity index is 1.70. The Kier molecular flexibility index (Phi) is 9.16. The molecular weight excluding hydrogens is 378 g/mol. The number of aromatic nitrogens is 2. The summed E-state index contributed by atoms with van der Waals surface area (Å²) >= 11 is 0. The summed E-state index contributed by atoms with van der Waals surface area (Å²) in [7, 11) is -3.46. The molecule has 1 heterocycles. The first kappa shape index (κ1) is 22.1. The van der Waals surface area contributed by atoms with E-state index in [2.05, 4.69) is 9.71 Å². The van der Waals surface area contributed by atoms with E-state index >= 15 is 0 Å². The molecule has 0 fully saturated rings. The van der Waals surface area contributed by atoms with E-state index in [1.807, 2.05) is 10.8 Å². The van der Waals surface area contributed by atoms with Gasteiger partial charge in [0.25, 0.3) is 0 Å². The predicted molar refractivity (Wildman–Crippen MR) is 107 cm³/mol. The van der Waals surface area contributed by atoms with Crippen LogP contribution < -0.4 is 4.72 Å². The van der Waals surface area contributed by atoms with E-state index in [1.165, 1.54) is 0 Å². The molecule has 1 aromatic carbocycles. The van der Waals surface area contributed by atoms with Crippen LogP contribution >= 0.6 is 0 Å². The van der Waals surface area contributed by atoms with Crippen molar-refractivity contribution in [3.05, 3.63) is 49.1 Å². The fourth-order valence-corrected chi connectivity index (χ4v) is 4.28. The summed E-state index contributed by atoms with van der Waals surface area (Å²) in [4.78, 5) is 15.2. The molecule has 28 heavy (non-hydrogen) atoms. The largest absolute Gasteiger partial charge is 0.481 e. The smallest absolute Gasteiger partial charge is 0.303 e. The van der Waals surface area contributed by atoms with Gasteiger partial charge in [0.2, 0.25) is 10.0 Å². The van der Waals surface area contributed by atoms with Crippen molar-refractivity contribution in [3.63, 3.8) is 0 Å². The number of hydrogen-bond donors (Lipinski definition) is 2. The molecule has 0 aliphatic carbocycles. The third-order valence-electron chi connectivity index (χ3n) is 4.74. The molecule has 0 radical (unpaired) electrons. The number of carboxylic acid groups (broad SMARTS) is 1. The maximum Gasteiger partial charge on any atom is 0.303 e. The standard InChI is InChI=1S/C20H29N3O4S/c24-20(25)12-11-18(8-6-15-23-16-14-21-17-23)7-4-5-13-22-28(26,27)19-9-2-1-3-10-19/h1-3,9-10,14,16-18,22H,4-8,11-13,15H2,(H,24,25). The van der Waals surface area contributed by atoms with Gasteiger partial charge in [0.05, 0.1) is 11.2 Å². The number of rotatable bonds is 14. The lowest BCUT2D eigenvalue weighted by Gasteiger charge is -2.16. The molecular formula is C20H29N3O4S. The third-order valence-corrected chi connectivity index (χ3v) is 6.22. The highest BCUT2D eigenvalue weighted by Crippen LogP contribution is 2.21. The second-order valence-corrected chi connectivity index (χ2v) is 8.71. The zero-order valence-electron chi connectivity index (χ0n) is 16.0. The molecule has 0 spiro atoms. The van der Waals surface area contributed by atoms with E-state index in [0.29, 0.717) is 18.9 Å². The predicted octanol–water partition coefficient (Wildman–Crippen LogP) is 3.29. The second-order valence-electron chi connectivity index (χ2n) is 6.95. The van der Waals surface area contributed by atoms with E-state index in [0.717, 1.165) is 38.6 Å². The second kappa shape index (κ2) is 11.6. The van der Waals surface area contributed by atoms with Gasteiger partial charge in [-0.05, 0) is 43.7 Å². The van der Waals surface area contributed by atoms with Gasteiger partial charge in [0, 0.05) is 31.9 Å². The maximum atomic E-state index is 12.2. The summed E-state index contributed by atoms with van der Waals surface area (Å²) in [5.74, 6) is -0.430. The molecule has 0 bridgehead atoms. The summed E-state index contributed by atoms with van der Waals surface area (Å²) in [6, 6.07) is 8.33. The summed E-state index contributed by atoms with van der Waals surface area (Å²) in [5, 5.41) is 8.96. The van der Waals surface area contributed by atoms with Crippen LogP contribution in [0.3, 0.4) is 0 Å². The van der Waals surface area contributed by atoms with Gasteiger partial charge in [-0.15, -0.1) is 0 Å². The van der Waals surface area contributed by atoms with Crippen LogP contribution in [-0.2, 0) is 21.4 Å². The zero-order chi connectivity index (χ0) is 20.2. The Bertz CT molecular complexity index is 792. The summed E-state index contributed by atoms with van der Waals surface area (Å²) in [5.41, 5.74) is 0. The number of sulfonamides is 1. The highest BCUT2D eigenvalue weighted by molar-refractivity contribution is 7.89. The van der Waals surface area contributed by atoms with E-state index in [1.54, 1.807) is 42.9 Å². The molecule has 8 heteroatoms. The van der Waals surface area contributed by atoms with E-state index in [-0.39, 0.29) is 11.3 Å². The summed E-state index contributed by atoms with van der Waals surface area (Å²) < 4.78 is 29.0. The number of hydrogen-bond acceptors (Lipinski definition) is 4. The molecule has 0 saturated heterocycles. The maximum absolute atomic E-state index is 12.2. The Morgan fingerprint density at radius 3 is 2.54 bits per heavy atom. The molecule has 2 aromatic rings. The molecule has 0 aliphatic heterocycles. The van der Waals surface area contributed by atoms with Crippen LogP contribution in [0.2, 0.25) is 0 Å². The van der Waals surface area contributed by atoms with Gasteiger partial charge in [-0.2, -0.15) is 0 Å². The number of carbonyl (C=O) groups is 1. The molecule has 2 N–H and O–H groups in total. The molecule has 7 nitrogen and oxygen atoms in total. The van der Waals surface area contributed by atoms with Crippen LogP contribution in [0, 0.1) is 5.92 Å². The Morgan fingerprint density at radius 1 is 1.11 bits per heavy atom. The van der Waals surface area contributed by atoms with Crippen LogP contribution in [0.1, 0.15) is 44.9 Å². The summed E-state index contributed by atoms with van der Waals surface area (Å²) in [6.07, 6.45) is 10.7. The Morgan fingerprint density at radius 2 is 1.86 bits per heavy atom. The van der Waals surface area contributed by atoms with Gasteiger partial charge in [-0.1, -0.05) is 31.0 Å². The van der Waals surface area contributed by atoms with E-state index in [9.17, 15) is 13.2 Å². The number of nitrogens with one attached hydrogen (secondary N) is 1. The molecule has 2 rings (SSSR count). The van der Waals surface area contributed by atoms with Crippen molar-refractivity contribution in [1.29, 1.82) is 0 Å². The minimum absolute atomic E-state index is 0.177. The number of aliphatic carboxylic acids is 1. The number of imidazole rings is 1. The van der Waals surface area contributed by atoms with Crippen LogP contribution in [0.25, 0.3) is 0 Å². The van der Waals surface area contributed by atoms with Gasteiger partial charge in [-0.3, -0.25) is 4.79 Å². The first-order valence-corrected chi connectivity index (χ1v) is 11.2. The van der Waals surface area contributed by atoms with Crippen molar-refractivity contribution < 1.29 is 18.3 Å². The Labute approximate surface area is 166 Å². The van der Waals surface area contributed by atoms with Gasteiger partial charge in [0.1, 0.15) is 0 Å². The first-order chi connectivity index (χ1) is 13.5. The van der Waals surface area contributed by atoms with Crippen molar-refractivity contribution in [2.75, 3.05) is 6.54 Å². The SMILES string of the molecule is O=C(O)CCC(CCCCNS(=O)(=O)c1ccccc1)CCCn1ccnc1. The lowest BCUT2D eigenvalue weighted by molar-refractivity contribution is -0.137. The molecule has 1 aromatic heterocycles. The number of unbranched alkanes of at least 4 members (excludes halogenated alkanes) is 1. The van der Waals surface area contributed by atoms with Gasteiger partial charge in [0.15, 0.2) is 0 Å². The van der Waals surface area contributed by atoms with Crippen molar-refractivity contribution in [2.24, 2.45) is 5.92 Å². The van der Waals surface area contributed by atoms with Crippen molar-refractivity contribution in [1.82, 2.24) is 14.3 Å². The first-order valence-electron chi connectivity index (χ1n) is 9.69. The van der Waals surface area contributed by atoms with Crippen LogP contribution in [0.5, 0.6) is 0 Å². The highest BCUT2D eigenvalue weighted by atomic mass is 32.2. The molecule has 1 unspecified atom stereocenters. The summed E-state index contributed by atoms with van der Waals surface area (Å²) in [6.45, 7) is 1.26. The van der Waals surface area contributed by atoms with Gasteiger partial charge in [-0.25, -0.2) is 18.1 Å². The average molecular weight is 408 g/mol. The van der Waals surface area contributed by atoms with E-state index in [4.69, 9.17) is 5.11 Å². The number of nitrogens with zero attached hydrogens (tertiary/aromatic N) is 2. The number of aryl methyl sites for hydroxylation is 1. The van der Waals surface area contributed by atoms with Crippen LogP contribution in [-0.4, -0.2) is 35.6 Å². The lowest BCUT2D eigenvalue weighted by Crippen LogP contribution is -2.24. The number of carboxylic acids is 1. The zero-order valence-corrected chi connectivity index (χ0v) is 16.9. The number of benzene rings is 1. The lowest BCUT2D eigenvalue weighted by atomic mass is 9.92. The van der Waals surface area contributed by atoms with Crippen molar-refractivity contribution in [2.45, 2.75) is 56.4 Å². The normalized spacial score (nSPS) is 12.7.